The van der Waals surface area contributed by atoms with E-state index in [1.165, 1.54) is 5.69 Å². The Kier molecular flexibility index (Phi) is 4.39. The Balaban J connectivity index is 1.78. The van der Waals surface area contributed by atoms with Gasteiger partial charge in [-0.3, -0.25) is 4.68 Å². The van der Waals surface area contributed by atoms with Gasteiger partial charge < -0.3 is 9.13 Å². The Morgan fingerprint density at radius 3 is 2.48 bits per heavy atom. The van der Waals surface area contributed by atoms with Gasteiger partial charge in [0.2, 0.25) is 0 Å². The van der Waals surface area contributed by atoms with E-state index >= 15 is 0 Å². The van der Waals surface area contributed by atoms with Gasteiger partial charge >= 0.3 is 0 Å². The molecule has 0 saturated carbocycles. The average Bonchev–Trinajstić information content (AvgIpc) is 3.34. The van der Waals surface area contributed by atoms with Crippen LogP contribution in [0.25, 0.3) is 22.8 Å². The third-order valence-electron chi connectivity index (χ3n) is 4.84. The Morgan fingerprint density at radius 1 is 1.07 bits per heavy atom. The number of nitrogens with zero attached hydrogens (tertiary/aromatic N) is 6. The molecule has 0 fully saturated rings. The molecule has 27 heavy (non-hydrogen) atoms. The van der Waals surface area contributed by atoms with Crippen LogP contribution >= 0.6 is 0 Å². The molecule has 0 bridgehead atoms. The number of rotatable bonds is 5. The molecule has 0 aliphatic rings. The molecule has 4 aromatic rings. The molecule has 0 aliphatic carbocycles. The van der Waals surface area contributed by atoms with Crippen LogP contribution in [0.4, 0.5) is 0 Å². The molecule has 0 aliphatic heterocycles. The van der Waals surface area contributed by atoms with Crippen LogP contribution in [-0.4, -0.2) is 28.9 Å². The molecule has 0 amide bonds. The van der Waals surface area contributed by atoms with Gasteiger partial charge in [0.1, 0.15) is 5.69 Å². The summed E-state index contributed by atoms with van der Waals surface area (Å²) in [5.74, 6) is 0.909. The van der Waals surface area contributed by atoms with Gasteiger partial charge in [-0.2, -0.15) is 5.10 Å². The zero-order chi connectivity index (χ0) is 19.0. The van der Waals surface area contributed by atoms with E-state index in [-0.39, 0.29) is 6.04 Å². The van der Waals surface area contributed by atoms with E-state index in [1.54, 1.807) is 0 Å². The summed E-state index contributed by atoms with van der Waals surface area (Å²) in [6, 6.07) is 12.6. The van der Waals surface area contributed by atoms with Crippen LogP contribution in [-0.2, 0) is 13.6 Å². The van der Waals surface area contributed by atoms with E-state index in [9.17, 15) is 0 Å². The van der Waals surface area contributed by atoms with Crippen LogP contribution in [0.1, 0.15) is 24.4 Å². The summed E-state index contributed by atoms with van der Waals surface area (Å²) in [6.45, 7) is 7.08. The maximum atomic E-state index is 4.74. The summed E-state index contributed by atoms with van der Waals surface area (Å²) >= 11 is 0. The zero-order valence-electron chi connectivity index (χ0n) is 16.2. The van der Waals surface area contributed by atoms with Gasteiger partial charge in [-0.25, -0.2) is 9.97 Å². The minimum absolute atomic E-state index is 0.204. The molecule has 0 unspecified atom stereocenters. The van der Waals surface area contributed by atoms with Crippen LogP contribution in [0.5, 0.6) is 0 Å². The molecule has 3 aromatic heterocycles. The summed E-state index contributed by atoms with van der Waals surface area (Å²) in [6.07, 6.45) is 5.70. The minimum Gasteiger partial charge on any atom is -0.333 e. The van der Waals surface area contributed by atoms with E-state index in [0.717, 1.165) is 35.0 Å². The molecule has 6 heteroatoms. The van der Waals surface area contributed by atoms with Crippen molar-refractivity contribution in [3.8, 4) is 22.8 Å². The molecule has 138 valence electrons. The fourth-order valence-electron chi connectivity index (χ4n) is 3.61. The minimum atomic E-state index is 0.204. The first kappa shape index (κ1) is 17.3. The second-order valence-electron chi connectivity index (χ2n) is 7.04. The number of benzene rings is 1. The summed E-state index contributed by atoms with van der Waals surface area (Å²) < 4.78 is 6.31. The maximum Gasteiger partial charge on any atom is 0.158 e. The van der Waals surface area contributed by atoms with E-state index in [2.05, 4.69) is 51.4 Å². The van der Waals surface area contributed by atoms with Gasteiger partial charge in [-0.15, -0.1) is 0 Å². The molecule has 0 saturated heterocycles. The highest BCUT2D eigenvalue weighted by Crippen LogP contribution is 2.31. The van der Waals surface area contributed by atoms with Crippen molar-refractivity contribution in [2.24, 2.45) is 7.05 Å². The summed E-state index contributed by atoms with van der Waals surface area (Å²) in [4.78, 5) is 9.32. The first-order chi connectivity index (χ1) is 13.0. The number of hydrogen-bond donors (Lipinski definition) is 0. The largest absolute Gasteiger partial charge is 0.333 e. The second kappa shape index (κ2) is 6.87. The standard InChI is InChI=1S/C21H24N6/c1-15-12-16(2)27(24-15)17(3)13-26-14-23-19(18-8-6-5-7-9-18)20(26)21-22-10-11-25(21)4/h5-12,14,17H,13H2,1-4H3/t17-/m1/s1. The quantitative estimate of drug-likeness (QED) is 0.540. The van der Waals surface area contributed by atoms with Gasteiger partial charge in [0, 0.05) is 37.2 Å². The lowest BCUT2D eigenvalue weighted by Gasteiger charge is -2.17. The fourth-order valence-corrected chi connectivity index (χ4v) is 3.61. The summed E-state index contributed by atoms with van der Waals surface area (Å²) in [5.41, 5.74) is 5.28. The van der Waals surface area contributed by atoms with Gasteiger partial charge in [0.25, 0.3) is 0 Å². The first-order valence-electron chi connectivity index (χ1n) is 9.15. The summed E-state index contributed by atoms with van der Waals surface area (Å²) in [5, 5.41) is 4.64. The number of aromatic nitrogens is 6. The predicted octanol–water partition coefficient (Wildman–Crippen LogP) is 4.03. The molecule has 0 radical (unpaired) electrons. The SMILES string of the molecule is Cc1cc(C)n([C@H](C)Cn2cnc(-c3ccccc3)c2-c2nccn2C)n1. The maximum absolute atomic E-state index is 4.74. The van der Waals surface area contributed by atoms with E-state index in [4.69, 9.17) is 4.98 Å². The third-order valence-corrected chi connectivity index (χ3v) is 4.84. The monoisotopic (exact) mass is 360 g/mol. The zero-order valence-corrected chi connectivity index (χ0v) is 16.2. The topological polar surface area (TPSA) is 53.5 Å². The molecule has 6 nitrogen and oxygen atoms in total. The number of aryl methyl sites for hydroxylation is 3. The molecule has 1 atom stereocenters. The molecule has 3 heterocycles. The Hall–Kier alpha value is -3.15. The number of imidazole rings is 2. The van der Waals surface area contributed by atoms with Crippen molar-refractivity contribution in [3.63, 3.8) is 0 Å². The van der Waals surface area contributed by atoms with Crippen molar-refractivity contribution >= 4 is 0 Å². The van der Waals surface area contributed by atoms with Gasteiger partial charge in [-0.1, -0.05) is 30.3 Å². The van der Waals surface area contributed by atoms with Crippen LogP contribution < -0.4 is 0 Å². The lowest BCUT2D eigenvalue weighted by Crippen LogP contribution is -2.16. The molecular formula is C21H24N6. The van der Waals surface area contributed by atoms with Crippen molar-refractivity contribution in [3.05, 3.63) is 66.5 Å². The molecule has 1 aromatic carbocycles. The van der Waals surface area contributed by atoms with Gasteiger partial charge in [0.15, 0.2) is 5.82 Å². The molecule has 0 N–H and O–H groups in total. The fraction of sp³-hybridized carbons (Fsp3) is 0.286. The normalized spacial score (nSPS) is 12.4. The average molecular weight is 360 g/mol. The van der Waals surface area contributed by atoms with Crippen molar-refractivity contribution in [1.82, 2.24) is 28.9 Å². The van der Waals surface area contributed by atoms with E-state index in [1.807, 2.05) is 55.5 Å². The highest BCUT2D eigenvalue weighted by atomic mass is 15.3. The molecule has 4 rings (SSSR count). The Labute approximate surface area is 159 Å². The van der Waals surface area contributed by atoms with Crippen LogP contribution in [0.2, 0.25) is 0 Å². The lowest BCUT2D eigenvalue weighted by molar-refractivity contribution is 0.418. The summed E-state index contributed by atoms with van der Waals surface area (Å²) in [7, 11) is 2.01. The molecular weight excluding hydrogens is 336 g/mol. The van der Waals surface area contributed by atoms with Crippen LogP contribution in [0.15, 0.2) is 55.1 Å². The first-order valence-corrected chi connectivity index (χ1v) is 9.15. The van der Waals surface area contributed by atoms with Crippen LogP contribution in [0.3, 0.4) is 0 Å². The van der Waals surface area contributed by atoms with Crippen molar-refractivity contribution in [1.29, 1.82) is 0 Å². The predicted molar refractivity (Wildman–Crippen MR) is 106 cm³/mol. The van der Waals surface area contributed by atoms with Crippen LogP contribution in [0, 0.1) is 13.8 Å². The molecule has 0 spiro atoms. The van der Waals surface area contributed by atoms with E-state index in [0.29, 0.717) is 0 Å². The Morgan fingerprint density at radius 2 is 1.85 bits per heavy atom. The lowest BCUT2D eigenvalue weighted by atomic mass is 10.1. The highest BCUT2D eigenvalue weighted by molar-refractivity contribution is 5.75. The highest BCUT2D eigenvalue weighted by Gasteiger charge is 2.20. The van der Waals surface area contributed by atoms with E-state index < -0.39 is 0 Å². The second-order valence-corrected chi connectivity index (χ2v) is 7.04. The van der Waals surface area contributed by atoms with Crippen molar-refractivity contribution < 1.29 is 0 Å². The smallest absolute Gasteiger partial charge is 0.158 e. The number of hydrogen-bond acceptors (Lipinski definition) is 3. The van der Waals surface area contributed by atoms with Gasteiger partial charge in [-0.05, 0) is 26.8 Å². The third kappa shape index (κ3) is 3.18. The van der Waals surface area contributed by atoms with Crippen molar-refractivity contribution in [2.75, 3.05) is 0 Å². The Bertz CT molecular complexity index is 1050. The van der Waals surface area contributed by atoms with Gasteiger partial charge in [0.05, 0.1) is 23.8 Å². The van der Waals surface area contributed by atoms with Crippen molar-refractivity contribution in [2.45, 2.75) is 33.4 Å².